The summed E-state index contributed by atoms with van der Waals surface area (Å²) in [5, 5.41) is 4.67. The van der Waals surface area contributed by atoms with Gasteiger partial charge >= 0.3 is 6.03 Å². The number of hydrogen-bond donors (Lipinski definition) is 2. The first kappa shape index (κ1) is 25.2. The van der Waals surface area contributed by atoms with Crippen molar-refractivity contribution in [3.63, 3.8) is 0 Å². The molecule has 0 fully saturated rings. The third-order valence-electron chi connectivity index (χ3n) is 4.88. The number of amides is 3. The summed E-state index contributed by atoms with van der Waals surface area (Å²) in [5.41, 5.74) is 1.37. The van der Waals surface area contributed by atoms with Crippen molar-refractivity contribution in [1.29, 1.82) is 0 Å². The molecule has 0 saturated heterocycles. The van der Waals surface area contributed by atoms with Crippen molar-refractivity contribution in [2.75, 3.05) is 20.1 Å². The quantitative estimate of drug-likeness (QED) is 0.517. The van der Waals surface area contributed by atoms with Crippen LogP contribution in [0.25, 0.3) is 11.0 Å². The molecule has 0 aliphatic rings. The lowest BCUT2D eigenvalue weighted by molar-refractivity contribution is -0.119. The van der Waals surface area contributed by atoms with E-state index in [1.165, 1.54) is 23.1 Å². The van der Waals surface area contributed by atoms with Crippen molar-refractivity contribution >= 4 is 44.8 Å². The topological polar surface area (TPSA) is 113 Å². The summed E-state index contributed by atoms with van der Waals surface area (Å²) in [6.45, 7) is 8.87. The molecule has 0 aliphatic heterocycles. The van der Waals surface area contributed by atoms with E-state index in [1.807, 2.05) is 4.57 Å². The number of carbonyl (C=O) groups is 2. The maximum Gasteiger partial charge on any atom is 0.321 e. The van der Waals surface area contributed by atoms with Gasteiger partial charge in [0.1, 0.15) is 0 Å². The van der Waals surface area contributed by atoms with Gasteiger partial charge in [0, 0.05) is 26.7 Å². The van der Waals surface area contributed by atoms with Gasteiger partial charge in [-0.05, 0) is 31.5 Å². The number of hydrogen-bond acceptors (Lipinski definition) is 6. The highest BCUT2D eigenvalue weighted by molar-refractivity contribution is 8.00. The summed E-state index contributed by atoms with van der Waals surface area (Å²) in [7, 11) is -2.16. The van der Waals surface area contributed by atoms with Gasteiger partial charge in [0.2, 0.25) is 15.9 Å². The van der Waals surface area contributed by atoms with Gasteiger partial charge in [-0.3, -0.25) is 10.1 Å². The van der Waals surface area contributed by atoms with Gasteiger partial charge in [0.15, 0.2) is 5.16 Å². The Morgan fingerprint density at radius 1 is 1.23 bits per heavy atom. The van der Waals surface area contributed by atoms with Crippen molar-refractivity contribution in [2.45, 2.75) is 62.4 Å². The summed E-state index contributed by atoms with van der Waals surface area (Å²) in [6, 6.07) is 4.40. The van der Waals surface area contributed by atoms with Gasteiger partial charge in [-0.15, -0.1) is 0 Å². The van der Waals surface area contributed by atoms with Crippen LogP contribution in [0.3, 0.4) is 0 Å². The van der Waals surface area contributed by atoms with E-state index in [-0.39, 0.29) is 4.90 Å². The highest BCUT2D eigenvalue weighted by Crippen LogP contribution is 2.30. The minimum Gasteiger partial charge on any atom is -0.341 e. The van der Waals surface area contributed by atoms with Crippen LogP contribution in [-0.2, 0) is 21.4 Å². The van der Waals surface area contributed by atoms with Crippen molar-refractivity contribution in [3.05, 3.63) is 18.2 Å². The van der Waals surface area contributed by atoms with Crippen LogP contribution < -0.4 is 10.6 Å². The Hall–Kier alpha value is -2.11. The Morgan fingerprint density at radius 3 is 2.48 bits per heavy atom. The number of nitrogens with one attached hydrogen (secondary N) is 2. The Morgan fingerprint density at radius 2 is 1.90 bits per heavy atom. The Bertz CT molecular complexity index is 1030. The van der Waals surface area contributed by atoms with Crippen LogP contribution in [0.1, 0.15) is 40.5 Å². The van der Waals surface area contributed by atoms with E-state index >= 15 is 0 Å². The lowest BCUT2D eigenvalue weighted by atomic mass is 10.3. The van der Waals surface area contributed by atoms with Gasteiger partial charge < -0.3 is 9.88 Å². The molecular formula is C20H31N5O4S2. The number of imidazole rings is 1. The van der Waals surface area contributed by atoms with Gasteiger partial charge in [0.25, 0.3) is 0 Å². The van der Waals surface area contributed by atoms with Crippen LogP contribution in [0.15, 0.2) is 28.3 Å². The molecule has 2 aromatic rings. The van der Waals surface area contributed by atoms with Crippen LogP contribution in [0.2, 0.25) is 0 Å². The summed E-state index contributed by atoms with van der Waals surface area (Å²) < 4.78 is 29.2. The summed E-state index contributed by atoms with van der Waals surface area (Å²) in [5.74, 6) is -0.428. The van der Waals surface area contributed by atoms with Crippen molar-refractivity contribution in [1.82, 2.24) is 24.5 Å². The smallest absolute Gasteiger partial charge is 0.321 e. The number of rotatable bonds is 10. The largest absolute Gasteiger partial charge is 0.341 e. The molecule has 2 rings (SSSR count). The third-order valence-corrected chi connectivity index (χ3v) is 8.01. The summed E-state index contributed by atoms with van der Waals surface area (Å²) in [4.78, 5) is 28.5. The number of nitrogens with zero attached hydrogens (tertiary/aromatic N) is 3. The molecule has 1 atom stereocenters. The molecular weight excluding hydrogens is 438 g/mol. The van der Waals surface area contributed by atoms with Gasteiger partial charge in [0.05, 0.1) is 21.2 Å². The van der Waals surface area contributed by atoms with Crippen molar-refractivity contribution in [2.24, 2.45) is 0 Å². The summed E-state index contributed by atoms with van der Waals surface area (Å²) >= 11 is 1.24. The molecule has 31 heavy (non-hydrogen) atoms. The molecule has 3 amide bonds. The Balaban J connectivity index is 2.44. The maximum absolute atomic E-state index is 12.9. The van der Waals surface area contributed by atoms with Crippen LogP contribution in [-0.4, -0.2) is 59.6 Å². The van der Waals surface area contributed by atoms with E-state index in [0.717, 1.165) is 18.4 Å². The highest BCUT2D eigenvalue weighted by atomic mass is 32.2. The predicted molar refractivity (Wildman–Crippen MR) is 123 cm³/mol. The molecule has 0 radical (unpaired) electrons. The molecule has 0 saturated carbocycles. The second kappa shape index (κ2) is 11.0. The number of fused-ring (bicyclic) bond motifs is 1. The zero-order valence-electron chi connectivity index (χ0n) is 18.6. The maximum atomic E-state index is 12.9. The fourth-order valence-electron chi connectivity index (χ4n) is 3.07. The number of unbranched alkanes of at least 4 members (excludes halogenated alkanes) is 1. The molecule has 0 aliphatic carbocycles. The molecule has 172 valence electrons. The average molecular weight is 470 g/mol. The normalized spacial score (nSPS) is 12.8. The number of thioether (sulfide) groups is 1. The van der Waals surface area contributed by atoms with E-state index in [1.54, 1.807) is 39.0 Å². The van der Waals surface area contributed by atoms with Gasteiger partial charge in [-0.1, -0.05) is 39.0 Å². The van der Waals surface area contributed by atoms with Crippen LogP contribution >= 0.6 is 11.8 Å². The van der Waals surface area contributed by atoms with E-state index in [0.29, 0.717) is 30.3 Å². The van der Waals surface area contributed by atoms with Gasteiger partial charge in [-0.2, -0.15) is 4.31 Å². The van der Waals surface area contributed by atoms with Crippen molar-refractivity contribution < 1.29 is 18.0 Å². The first-order valence-corrected chi connectivity index (χ1v) is 12.7. The second-order valence-corrected chi connectivity index (χ2v) is 10.2. The number of imide groups is 1. The predicted octanol–water partition coefficient (Wildman–Crippen LogP) is 2.80. The molecule has 0 bridgehead atoms. The minimum atomic E-state index is -3.60. The monoisotopic (exact) mass is 469 g/mol. The van der Waals surface area contributed by atoms with E-state index < -0.39 is 27.2 Å². The number of benzene rings is 1. The van der Waals surface area contributed by atoms with E-state index in [9.17, 15) is 18.0 Å². The highest BCUT2D eigenvalue weighted by Gasteiger charge is 2.24. The molecule has 1 heterocycles. The zero-order valence-corrected chi connectivity index (χ0v) is 20.3. The molecule has 9 nitrogen and oxygen atoms in total. The molecule has 11 heteroatoms. The van der Waals surface area contributed by atoms with Crippen molar-refractivity contribution in [3.8, 4) is 0 Å². The number of sulfonamides is 1. The zero-order chi connectivity index (χ0) is 23.2. The minimum absolute atomic E-state index is 0.200. The lowest BCUT2D eigenvalue weighted by Crippen LogP contribution is -2.41. The number of aryl methyl sites for hydroxylation is 1. The molecule has 1 aromatic heterocycles. The lowest BCUT2D eigenvalue weighted by Gasteiger charge is -2.18. The SMILES string of the molecule is CCCCn1c(SC(C)C(=O)NC(=O)NC)nc2cc(S(=O)(=O)N(CC)CC)ccc21. The Kier molecular flexibility index (Phi) is 8.90. The number of aromatic nitrogens is 2. The van der Waals surface area contributed by atoms with Crippen LogP contribution in [0, 0.1) is 0 Å². The summed E-state index contributed by atoms with van der Waals surface area (Å²) in [6.07, 6.45) is 1.89. The van der Waals surface area contributed by atoms with Gasteiger partial charge in [-0.25, -0.2) is 18.2 Å². The fraction of sp³-hybridized carbons (Fsp3) is 0.550. The first-order valence-electron chi connectivity index (χ1n) is 10.4. The molecule has 1 aromatic carbocycles. The number of urea groups is 1. The first-order chi connectivity index (χ1) is 14.7. The Labute approximate surface area is 188 Å². The average Bonchev–Trinajstić information content (AvgIpc) is 3.08. The van der Waals surface area contributed by atoms with Crippen LogP contribution in [0.4, 0.5) is 4.79 Å². The molecule has 2 N–H and O–H groups in total. The fourth-order valence-corrected chi connectivity index (χ4v) is 5.50. The number of carbonyl (C=O) groups excluding carboxylic acids is 2. The van der Waals surface area contributed by atoms with E-state index in [2.05, 4.69) is 22.5 Å². The standard InChI is InChI=1S/C20H31N5O4S2/c1-6-9-12-25-17-11-10-15(31(28,29)24(7-2)8-3)13-16(17)22-20(25)30-14(4)18(26)23-19(27)21-5/h10-11,13-14H,6-9,12H2,1-5H3,(H2,21,23,26,27). The molecule has 0 spiro atoms. The van der Waals surface area contributed by atoms with Crippen LogP contribution in [0.5, 0.6) is 0 Å². The second-order valence-electron chi connectivity index (χ2n) is 6.97. The molecule has 1 unspecified atom stereocenters. The van der Waals surface area contributed by atoms with E-state index in [4.69, 9.17) is 0 Å². The third kappa shape index (κ3) is 5.78.